The van der Waals surface area contributed by atoms with E-state index in [0.29, 0.717) is 11.7 Å². The van der Waals surface area contributed by atoms with E-state index in [4.69, 9.17) is 0 Å². The lowest BCUT2D eigenvalue weighted by atomic mass is 10.1. The van der Waals surface area contributed by atoms with E-state index < -0.39 is 0 Å². The number of aryl methyl sites for hydroxylation is 1. The third kappa shape index (κ3) is 3.37. The number of carbonyl (C=O) groups is 2. The summed E-state index contributed by atoms with van der Waals surface area (Å²) >= 11 is 2.81. The minimum absolute atomic E-state index is 0.0264. The molecule has 1 fully saturated rings. The predicted molar refractivity (Wildman–Crippen MR) is 92.0 cm³/mol. The van der Waals surface area contributed by atoms with E-state index in [2.05, 4.69) is 15.5 Å². The van der Waals surface area contributed by atoms with Gasteiger partial charge in [-0.15, -0.1) is 10.2 Å². The van der Waals surface area contributed by atoms with Gasteiger partial charge in [0.25, 0.3) is 0 Å². The van der Waals surface area contributed by atoms with Crippen LogP contribution >= 0.6 is 23.1 Å². The molecule has 0 radical (unpaired) electrons. The lowest BCUT2D eigenvalue weighted by Gasteiger charge is -2.18. The zero-order valence-electron chi connectivity index (χ0n) is 12.8. The van der Waals surface area contributed by atoms with Crippen LogP contribution in [0, 0.1) is 12.8 Å². The second-order valence-electron chi connectivity index (χ2n) is 5.26. The van der Waals surface area contributed by atoms with Gasteiger partial charge in [0.05, 0.1) is 5.92 Å². The van der Waals surface area contributed by atoms with Crippen LogP contribution in [0.15, 0.2) is 28.6 Å². The maximum atomic E-state index is 12.4. The van der Waals surface area contributed by atoms with Crippen LogP contribution in [0.2, 0.25) is 0 Å². The van der Waals surface area contributed by atoms with Crippen molar-refractivity contribution >= 4 is 45.7 Å². The highest BCUT2D eigenvalue weighted by Crippen LogP contribution is 2.29. The number of thioether (sulfide) groups is 1. The maximum absolute atomic E-state index is 12.4. The van der Waals surface area contributed by atoms with Crippen LogP contribution in [0.3, 0.4) is 0 Å². The molecule has 6 nitrogen and oxygen atoms in total. The highest BCUT2D eigenvalue weighted by Gasteiger charge is 2.35. The summed E-state index contributed by atoms with van der Waals surface area (Å²) in [6.45, 7) is 2.35. The van der Waals surface area contributed by atoms with Gasteiger partial charge in [0.2, 0.25) is 16.9 Å². The number of hydrogen-bond donors (Lipinski definition) is 1. The van der Waals surface area contributed by atoms with E-state index in [9.17, 15) is 9.59 Å². The van der Waals surface area contributed by atoms with Crippen molar-refractivity contribution in [3.05, 3.63) is 29.8 Å². The fourth-order valence-electron chi connectivity index (χ4n) is 2.53. The van der Waals surface area contributed by atoms with Crippen LogP contribution in [0.4, 0.5) is 10.8 Å². The summed E-state index contributed by atoms with van der Waals surface area (Å²) in [6.07, 6.45) is 2.12. The van der Waals surface area contributed by atoms with Crippen molar-refractivity contribution in [3.8, 4) is 0 Å². The maximum Gasteiger partial charge on any atom is 0.231 e. The lowest BCUT2D eigenvalue weighted by molar-refractivity contribution is -0.122. The number of anilines is 2. The van der Waals surface area contributed by atoms with Crippen molar-refractivity contribution in [3.63, 3.8) is 0 Å². The van der Waals surface area contributed by atoms with Crippen LogP contribution in [0.25, 0.3) is 0 Å². The van der Waals surface area contributed by atoms with Gasteiger partial charge in [0, 0.05) is 18.7 Å². The Hall–Kier alpha value is -1.93. The smallest absolute Gasteiger partial charge is 0.231 e. The van der Waals surface area contributed by atoms with E-state index in [1.54, 1.807) is 4.90 Å². The van der Waals surface area contributed by atoms with E-state index in [1.807, 2.05) is 37.4 Å². The summed E-state index contributed by atoms with van der Waals surface area (Å²) in [5.41, 5.74) is 1.89. The molecular weight excluding hydrogens is 332 g/mol. The first kappa shape index (κ1) is 15.9. The Bertz CT molecular complexity index is 747. The normalized spacial score (nSPS) is 17.6. The standard InChI is InChI=1S/C15H16N4O2S2/c1-9-5-3-4-6-11(9)19-8-10(7-12(19)20)13(21)16-14-17-18-15(22-2)23-14/h3-6,10H,7-8H2,1-2H3,(H,16,17,21)/t10-/m1/s1. The van der Waals surface area contributed by atoms with Crippen molar-refractivity contribution in [1.82, 2.24) is 10.2 Å². The molecule has 0 bridgehead atoms. The first-order valence-electron chi connectivity index (χ1n) is 7.13. The summed E-state index contributed by atoms with van der Waals surface area (Å²) in [7, 11) is 0. The van der Waals surface area contributed by atoms with Crippen LogP contribution in [-0.2, 0) is 9.59 Å². The van der Waals surface area contributed by atoms with Gasteiger partial charge in [-0.2, -0.15) is 0 Å². The molecule has 8 heteroatoms. The molecule has 2 heterocycles. The minimum atomic E-state index is -0.372. The first-order valence-corrected chi connectivity index (χ1v) is 9.17. The Balaban J connectivity index is 1.69. The van der Waals surface area contributed by atoms with E-state index in [0.717, 1.165) is 15.6 Å². The molecule has 1 aromatic carbocycles. The number of benzene rings is 1. The third-order valence-electron chi connectivity index (χ3n) is 3.71. The molecule has 1 aliphatic heterocycles. The molecule has 2 aromatic rings. The fourth-order valence-corrected chi connectivity index (χ4v) is 3.71. The number of hydrogen-bond acceptors (Lipinski definition) is 6. The number of nitrogens with one attached hydrogen (secondary N) is 1. The molecule has 1 atom stereocenters. The number of carbonyl (C=O) groups excluding carboxylic acids is 2. The van der Waals surface area contributed by atoms with Crippen LogP contribution in [0.5, 0.6) is 0 Å². The van der Waals surface area contributed by atoms with Gasteiger partial charge in [-0.25, -0.2) is 0 Å². The SMILES string of the molecule is CSc1nnc(NC(=O)[C@@H]2CC(=O)N(c3ccccc3C)C2)s1. The van der Waals surface area contributed by atoms with Gasteiger partial charge in [-0.1, -0.05) is 41.3 Å². The van der Waals surface area contributed by atoms with Crippen molar-refractivity contribution in [2.24, 2.45) is 5.92 Å². The predicted octanol–water partition coefficient (Wildman–Crippen LogP) is 2.56. The topological polar surface area (TPSA) is 75.2 Å². The summed E-state index contributed by atoms with van der Waals surface area (Å²) in [5.74, 6) is -0.580. The molecular formula is C15H16N4O2S2. The quantitative estimate of drug-likeness (QED) is 0.679. The molecule has 1 saturated heterocycles. The second kappa shape index (κ2) is 6.67. The monoisotopic (exact) mass is 348 g/mol. The average molecular weight is 348 g/mol. The molecule has 0 spiro atoms. The Kier molecular flexibility index (Phi) is 4.63. The summed E-state index contributed by atoms with van der Waals surface area (Å²) < 4.78 is 0.796. The van der Waals surface area contributed by atoms with Crippen molar-refractivity contribution < 1.29 is 9.59 Å². The largest absolute Gasteiger partial charge is 0.311 e. The van der Waals surface area contributed by atoms with Gasteiger partial charge in [-0.3, -0.25) is 9.59 Å². The molecule has 0 saturated carbocycles. The minimum Gasteiger partial charge on any atom is -0.311 e. The molecule has 120 valence electrons. The molecule has 3 rings (SSSR count). The van der Waals surface area contributed by atoms with Crippen molar-refractivity contribution in [2.45, 2.75) is 17.7 Å². The van der Waals surface area contributed by atoms with Crippen molar-refractivity contribution in [1.29, 1.82) is 0 Å². The highest BCUT2D eigenvalue weighted by molar-refractivity contribution is 8.00. The van der Waals surface area contributed by atoms with Crippen LogP contribution in [0.1, 0.15) is 12.0 Å². The zero-order valence-corrected chi connectivity index (χ0v) is 14.4. The molecule has 0 aliphatic carbocycles. The lowest BCUT2D eigenvalue weighted by Crippen LogP contribution is -2.28. The number of nitrogens with zero attached hydrogens (tertiary/aromatic N) is 3. The molecule has 23 heavy (non-hydrogen) atoms. The van der Waals surface area contributed by atoms with Gasteiger partial charge >= 0.3 is 0 Å². The highest BCUT2D eigenvalue weighted by atomic mass is 32.2. The average Bonchev–Trinajstić information content (AvgIpc) is 3.14. The Morgan fingerprint density at radius 1 is 1.39 bits per heavy atom. The molecule has 1 aromatic heterocycles. The van der Waals surface area contributed by atoms with Crippen molar-refractivity contribution in [2.75, 3.05) is 23.0 Å². The Labute approximate surface area is 142 Å². The Morgan fingerprint density at radius 2 is 2.17 bits per heavy atom. The number of amides is 2. The number of aromatic nitrogens is 2. The number of para-hydroxylation sites is 1. The third-order valence-corrected chi connectivity index (χ3v) is 5.53. The van der Waals surface area contributed by atoms with Gasteiger partial charge in [-0.05, 0) is 24.8 Å². The molecule has 1 aliphatic rings. The summed E-state index contributed by atoms with van der Waals surface area (Å²) in [4.78, 5) is 26.3. The van der Waals surface area contributed by atoms with Gasteiger partial charge in [0.15, 0.2) is 4.34 Å². The number of rotatable bonds is 4. The van der Waals surface area contributed by atoms with E-state index in [-0.39, 0.29) is 24.2 Å². The fraction of sp³-hybridized carbons (Fsp3) is 0.333. The zero-order chi connectivity index (χ0) is 16.4. The van der Waals surface area contributed by atoms with Crippen LogP contribution < -0.4 is 10.2 Å². The second-order valence-corrected chi connectivity index (χ2v) is 7.29. The van der Waals surface area contributed by atoms with Gasteiger partial charge in [0.1, 0.15) is 0 Å². The first-order chi connectivity index (χ1) is 11.1. The van der Waals surface area contributed by atoms with E-state index >= 15 is 0 Å². The molecule has 1 N–H and O–H groups in total. The summed E-state index contributed by atoms with van der Waals surface area (Å²) in [5, 5.41) is 11.1. The van der Waals surface area contributed by atoms with Gasteiger partial charge < -0.3 is 10.2 Å². The summed E-state index contributed by atoms with van der Waals surface area (Å²) in [6, 6.07) is 7.70. The van der Waals surface area contributed by atoms with E-state index in [1.165, 1.54) is 23.1 Å². The molecule has 2 amide bonds. The Morgan fingerprint density at radius 3 is 2.87 bits per heavy atom. The molecule has 0 unspecified atom stereocenters. The van der Waals surface area contributed by atoms with Crippen LogP contribution in [-0.4, -0.2) is 34.8 Å².